The molecule has 0 saturated heterocycles. The number of hydrogen-bond acceptors (Lipinski definition) is 3. The number of halogens is 2. The van der Waals surface area contributed by atoms with E-state index in [1.54, 1.807) is 6.07 Å². The van der Waals surface area contributed by atoms with Gasteiger partial charge in [0.15, 0.2) is 0 Å². The monoisotopic (exact) mass is 380 g/mol. The average molecular weight is 382 g/mol. The lowest BCUT2D eigenvalue weighted by atomic mass is 9.90. The van der Waals surface area contributed by atoms with Crippen LogP contribution in [0.15, 0.2) is 47.5 Å². The summed E-state index contributed by atoms with van der Waals surface area (Å²) in [4.78, 5) is 6.83. The summed E-state index contributed by atoms with van der Waals surface area (Å²) >= 11 is 6.35. The van der Waals surface area contributed by atoms with Crippen molar-refractivity contribution < 1.29 is 5.11 Å². The van der Waals surface area contributed by atoms with E-state index in [4.69, 9.17) is 16.6 Å². The van der Waals surface area contributed by atoms with Gasteiger partial charge in [-0.2, -0.15) is 0 Å². The molecule has 2 aromatic rings. The van der Waals surface area contributed by atoms with Crippen LogP contribution in [0.3, 0.4) is 0 Å². The molecule has 1 aliphatic heterocycles. The summed E-state index contributed by atoms with van der Waals surface area (Å²) in [7, 11) is 3.93. The predicted molar refractivity (Wildman–Crippen MR) is 96.5 cm³/mol. The quantitative estimate of drug-likeness (QED) is 0.802. The lowest BCUT2D eigenvalue weighted by molar-refractivity contribution is 0.466. The number of fused-ring (bicyclic) bond motifs is 1. The van der Waals surface area contributed by atoms with Crippen molar-refractivity contribution in [3.8, 4) is 5.75 Å². The molecule has 0 aromatic heterocycles. The summed E-state index contributed by atoms with van der Waals surface area (Å²) in [5.41, 5.74) is 2.92. The highest BCUT2D eigenvalue weighted by atomic mass is 79.9. The van der Waals surface area contributed by atoms with Crippen LogP contribution in [0.1, 0.15) is 22.7 Å². The summed E-state index contributed by atoms with van der Waals surface area (Å²) in [5.74, 6) is 1.26. The number of phenols is 1. The molecule has 1 aliphatic rings. The largest absolute Gasteiger partial charge is 0.508 e. The van der Waals surface area contributed by atoms with Crippen LogP contribution in [0, 0.1) is 0 Å². The Balaban J connectivity index is 0.00000176. The highest BCUT2D eigenvalue weighted by Crippen LogP contribution is 2.39. The van der Waals surface area contributed by atoms with Gasteiger partial charge in [0.1, 0.15) is 17.6 Å². The van der Waals surface area contributed by atoms with Gasteiger partial charge in [-0.05, 0) is 23.3 Å². The van der Waals surface area contributed by atoms with Crippen molar-refractivity contribution in [2.45, 2.75) is 12.5 Å². The van der Waals surface area contributed by atoms with Crippen molar-refractivity contribution in [3.05, 3.63) is 64.2 Å². The molecule has 3 nitrogen and oxygen atoms in total. The van der Waals surface area contributed by atoms with Gasteiger partial charge < -0.3 is 10.0 Å². The zero-order valence-corrected chi connectivity index (χ0v) is 14.9. The van der Waals surface area contributed by atoms with E-state index in [0.29, 0.717) is 17.2 Å². The molecule has 0 fully saturated rings. The SMILES string of the molecule is Br.CN(C)C1=NC(c2ccccc2Cl)c2cccc(O)c2C1. The Morgan fingerprint density at radius 3 is 2.45 bits per heavy atom. The van der Waals surface area contributed by atoms with Gasteiger partial charge in [-0.1, -0.05) is 41.9 Å². The van der Waals surface area contributed by atoms with Crippen LogP contribution in [0.4, 0.5) is 0 Å². The number of aromatic hydroxyl groups is 1. The molecular formula is C17H18BrClN2O. The summed E-state index contributed by atoms with van der Waals surface area (Å²) in [5, 5.41) is 10.9. The number of rotatable bonds is 1. The third kappa shape index (κ3) is 2.99. The molecular weight excluding hydrogens is 364 g/mol. The maximum atomic E-state index is 10.2. The molecule has 2 aromatic carbocycles. The first-order valence-corrected chi connectivity index (χ1v) is 7.25. The second-order valence-corrected chi connectivity index (χ2v) is 5.79. The Labute approximate surface area is 146 Å². The van der Waals surface area contributed by atoms with E-state index < -0.39 is 0 Å². The Hall–Kier alpha value is -1.52. The van der Waals surface area contributed by atoms with Crippen LogP contribution in [-0.2, 0) is 6.42 Å². The van der Waals surface area contributed by atoms with Crippen molar-refractivity contribution in [2.24, 2.45) is 4.99 Å². The Bertz CT molecular complexity index is 716. The van der Waals surface area contributed by atoms with Gasteiger partial charge in [-0.25, -0.2) is 0 Å². The first-order chi connectivity index (χ1) is 10.1. The molecule has 1 heterocycles. The fraction of sp³-hybridized carbons (Fsp3) is 0.235. The Morgan fingerprint density at radius 2 is 1.77 bits per heavy atom. The van der Waals surface area contributed by atoms with Crippen LogP contribution < -0.4 is 0 Å². The van der Waals surface area contributed by atoms with Gasteiger partial charge in [-0.15, -0.1) is 17.0 Å². The molecule has 0 saturated carbocycles. The van der Waals surface area contributed by atoms with E-state index in [9.17, 15) is 5.11 Å². The van der Waals surface area contributed by atoms with E-state index >= 15 is 0 Å². The highest BCUT2D eigenvalue weighted by Gasteiger charge is 2.27. The molecule has 3 rings (SSSR count). The molecule has 0 spiro atoms. The van der Waals surface area contributed by atoms with E-state index in [2.05, 4.69) is 0 Å². The summed E-state index contributed by atoms with van der Waals surface area (Å²) < 4.78 is 0. The minimum absolute atomic E-state index is 0. The second kappa shape index (κ2) is 6.71. The minimum Gasteiger partial charge on any atom is -0.508 e. The topological polar surface area (TPSA) is 35.8 Å². The van der Waals surface area contributed by atoms with E-state index in [-0.39, 0.29) is 23.0 Å². The number of amidine groups is 1. The fourth-order valence-corrected chi connectivity index (χ4v) is 2.91. The molecule has 1 N–H and O–H groups in total. The van der Waals surface area contributed by atoms with Gasteiger partial charge in [0.2, 0.25) is 0 Å². The van der Waals surface area contributed by atoms with Crippen molar-refractivity contribution >= 4 is 34.4 Å². The maximum absolute atomic E-state index is 10.2. The predicted octanol–water partition coefficient (Wildman–Crippen LogP) is 4.23. The zero-order valence-electron chi connectivity index (χ0n) is 12.5. The van der Waals surface area contributed by atoms with Crippen molar-refractivity contribution in [1.29, 1.82) is 0 Å². The third-order valence-corrected chi connectivity index (χ3v) is 4.16. The van der Waals surface area contributed by atoms with Gasteiger partial charge in [0, 0.05) is 31.1 Å². The molecule has 116 valence electrons. The van der Waals surface area contributed by atoms with Crippen LogP contribution in [0.2, 0.25) is 5.02 Å². The molecule has 5 heteroatoms. The van der Waals surface area contributed by atoms with Crippen LogP contribution in [0.25, 0.3) is 0 Å². The molecule has 0 aliphatic carbocycles. The molecule has 1 unspecified atom stereocenters. The van der Waals surface area contributed by atoms with Crippen LogP contribution in [0.5, 0.6) is 5.75 Å². The molecule has 0 bridgehead atoms. The Kier molecular flexibility index (Phi) is 5.14. The second-order valence-electron chi connectivity index (χ2n) is 5.39. The standard InChI is InChI=1S/C17H17ClN2O.BrH/c1-20(2)16-10-13-11(7-5-9-15(13)21)17(19-16)12-6-3-4-8-14(12)18;/h3-9,17,21H,10H2,1-2H3;1H. The van der Waals surface area contributed by atoms with Crippen molar-refractivity contribution in [3.63, 3.8) is 0 Å². The molecule has 1 atom stereocenters. The average Bonchev–Trinajstić information content (AvgIpc) is 2.47. The first-order valence-electron chi connectivity index (χ1n) is 6.87. The number of likely N-dealkylation sites (N-methyl/N-ethyl adjacent to an activating group) is 1. The van der Waals surface area contributed by atoms with Crippen molar-refractivity contribution in [1.82, 2.24) is 4.90 Å². The summed E-state index contributed by atoms with van der Waals surface area (Å²) in [6.07, 6.45) is 0.635. The number of benzene rings is 2. The van der Waals surface area contributed by atoms with Crippen LogP contribution >= 0.6 is 28.6 Å². The van der Waals surface area contributed by atoms with E-state index in [1.807, 2.05) is 55.4 Å². The molecule has 22 heavy (non-hydrogen) atoms. The van der Waals surface area contributed by atoms with Gasteiger partial charge in [-0.3, -0.25) is 4.99 Å². The van der Waals surface area contributed by atoms with Gasteiger partial charge >= 0.3 is 0 Å². The van der Waals surface area contributed by atoms with Gasteiger partial charge in [0.05, 0.1) is 0 Å². The highest BCUT2D eigenvalue weighted by molar-refractivity contribution is 8.93. The van der Waals surface area contributed by atoms with E-state index in [1.165, 1.54) is 0 Å². The normalized spacial score (nSPS) is 16.3. The zero-order chi connectivity index (χ0) is 15.0. The summed E-state index contributed by atoms with van der Waals surface area (Å²) in [6, 6.07) is 13.2. The number of aliphatic imine (C=N–C) groups is 1. The van der Waals surface area contributed by atoms with Gasteiger partial charge in [0.25, 0.3) is 0 Å². The van der Waals surface area contributed by atoms with Crippen molar-refractivity contribution in [2.75, 3.05) is 14.1 Å². The lowest BCUT2D eigenvalue weighted by Crippen LogP contribution is -2.28. The number of nitrogens with zero attached hydrogens (tertiary/aromatic N) is 2. The third-order valence-electron chi connectivity index (χ3n) is 3.81. The number of hydrogen-bond donors (Lipinski definition) is 1. The molecule has 0 amide bonds. The van der Waals surface area contributed by atoms with E-state index in [0.717, 1.165) is 22.5 Å². The number of phenolic OH excluding ortho intramolecular Hbond substituents is 1. The first kappa shape index (κ1) is 16.8. The molecule has 0 radical (unpaired) electrons. The smallest absolute Gasteiger partial charge is 0.119 e. The summed E-state index contributed by atoms with van der Waals surface area (Å²) in [6.45, 7) is 0. The fourth-order valence-electron chi connectivity index (χ4n) is 2.67. The maximum Gasteiger partial charge on any atom is 0.119 e. The Morgan fingerprint density at radius 1 is 1.09 bits per heavy atom. The lowest BCUT2D eigenvalue weighted by Gasteiger charge is -2.28. The van der Waals surface area contributed by atoms with Crippen LogP contribution in [-0.4, -0.2) is 29.9 Å². The minimum atomic E-state index is -0.174.